The number of nitrogens with one attached hydrogen (secondary N) is 1. The van der Waals surface area contributed by atoms with Crippen LogP contribution in [0.1, 0.15) is 5.69 Å². The maximum Gasteiger partial charge on any atom is 0.263 e. The second-order valence-electron chi connectivity index (χ2n) is 3.72. The second-order valence-corrected chi connectivity index (χ2v) is 5.40. The molecule has 1 aromatic carbocycles. The van der Waals surface area contributed by atoms with E-state index in [2.05, 4.69) is 14.7 Å². The van der Waals surface area contributed by atoms with Crippen molar-refractivity contribution in [2.24, 2.45) is 0 Å². The number of hydrogen-bond acceptors (Lipinski definition) is 5. The SMILES string of the molecule is Cc1cc(NS(=O)(=O)c2ccc(N)cc2)ncn1. The first-order chi connectivity index (χ1) is 8.47. The Morgan fingerprint density at radius 3 is 2.44 bits per heavy atom. The Bertz CT molecular complexity index is 653. The van der Waals surface area contributed by atoms with Crippen LogP contribution in [0.5, 0.6) is 0 Å². The van der Waals surface area contributed by atoms with Gasteiger partial charge in [-0.05, 0) is 31.2 Å². The molecule has 0 atom stereocenters. The van der Waals surface area contributed by atoms with Crippen LogP contribution in [0.25, 0.3) is 0 Å². The van der Waals surface area contributed by atoms with Gasteiger partial charge in [-0.15, -0.1) is 0 Å². The maximum absolute atomic E-state index is 12.0. The molecule has 0 amide bonds. The Hall–Kier alpha value is -2.15. The van der Waals surface area contributed by atoms with Crippen molar-refractivity contribution in [3.05, 3.63) is 42.4 Å². The van der Waals surface area contributed by atoms with Crippen LogP contribution in [-0.2, 0) is 10.0 Å². The fraction of sp³-hybridized carbons (Fsp3) is 0.0909. The number of nitrogens with two attached hydrogens (primary N) is 1. The van der Waals surface area contributed by atoms with Crippen LogP contribution in [0.2, 0.25) is 0 Å². The predicted octanol–water partition coefficient (Wildman–Crippen LogP) is 1.17. The smallest absolute Gasteiger partial charge is 0.263 e. The molecule has 1 heterocycles. The highest BCUT2D eigenvalue weighted by molar-refractivity contribution is 7.92. The van der Waals surface area contributed by atoms with Crippen LogP contribution in [0, 0.1) is 6.92 Å². The lowest BCUT2D eigenvalue weighted by molar-refractivity contribution is 0.601. The fourth-order valence-corrected chi connectivity index (χ4v) is 2.35. The number of hydrogen-bond donors (Lipinski definition) is 2. The molecule has 18 heavy (non-hydrogen) atoms. The van der Waals surface area contributed by atoms with Crippen LogP contribution in [0.4, 0.5) is 11.5 Å². The van der Waals surface area contributed by atoms with Gasteiger partial charge in [-0.25, -0.2) is 18.4 Å². The number of rotatable bonds is 3. The lowest BCUT2D eigenvalue weighted by Gasteiger charge is -2.07. The third-order valence-electron chi connectivity index (χ3n) is 2.23. The fourth-order valence-electron chi connectivity index (χ4n) is 1.35. The Kier molecular flexibility index (Phi) is 3.15. The van der Waals surface area contributed by atoms with Gasteiger partial charge in [-0.1, -0.05) is 0 Å². The summed E-state index contributed by atoms with van der Waals surface area (Å²) in [6.07, 6.45) is 1.30. The molecule has 1 aromatic heterocycles. The van der Waals surface area contributed by atoms with Gasteiger partial charge in [0, 0.05) is 17.4 Å². The Balaban J connectivity index is 2.30. The first-order valence-corrected chi connectivity index (χ1v) is 6.63. The molecule has 0 fully saturated rings. The van der Waals surface area contributed by atoms with Crippen molar-refractivity contribution in [3.8, 4) is 0 Å². The van der Waals surface area contributed by atoms with Crippen molar-refractivity contribution in [1.29, 1.82) is 0 Å². The topological polar surface area (TPSA) is 98.0 Å². The molecule has 2 rings (SSSR count). The number of aromatic nitrogens is 2. The molecule has 94 valence electrons. The van der Waals surface area contributed by atoms with Gasteiger partial charge in [-0.3, -0.25) is 4.72 Å². The first-order valence-electron chi connectivity index (χ1n) is 5.14. The molecule has 7 heteroatoms. The standard InChI is InChI=1S/C11H12N4O2S/c1-8-6-11(14-7-13-8)15-18(16,17)10-4-2-9(12)3-5-10/h2-7H,12H2,1H3,(H,13,14,15). The third kappa shape index (κ3) is 2.75. The van der Waals surface area contributed by atoms with E-state index < -0.39 is 10.0 Å². The summed E-state index contributed by atoms with van der Waals surface area (Å²) in [6, 6.07) is 7.48. The van der Waals surface area contributed by atoms with E-state index >= 15 is 0 Å². The van der Waals surface area contributed by atoms with Crippen LogP contribution in [-0.4, -0.2) is 18.4 Å². The Morgan fingerprint density at radius 1 is 1.17 bits per heavy atom. The minimum Gasteiger partial charge on any atom is -0.399 e. The number of sulfonamides is 1. The zero-order chi connectivity index (χ0) is 13.2. The molecule has 0 bridgehead atoms. The average Bonchev–Trinajstić information content (AvgIpc) is 2.29. The molecule has 0 aliphatic heterocycles. The molecule has 0 saturated heterocycles. The summed E-state index contributed by atoms with van der Waals surface area (Å²) in [5.41, 5.74) is 6.69. The molecule has 0 unspecified atom stereocenters. The summed E-state index contributed by atoms with van der Waals surface area (Å²) in [5, 5.41) is 0. The van der Waals surface area contributed by atoms with Crippen molar-refractivity contribution in [1.82, 2.24) is 9.97 Å². The third-order valence-corrected chi connectivity index (χ3v) is 3.60. The summed E-state index contributed by atoms with van der Waals surface area (Å²) in [4.78, 5) is 7.87. The second kappa shape index (κ2) is 4.61. The number of nitrogen functional groups attached to an aromatic ring is 1. The molecule has 0 spiro atoms. The Labute approximate surface area is 105 Å². The highest BCUT2D eigenvalue weighted by Gasteiger charge is 2.14. The van der Waals surface area contributed by atoms with E-state index in [0.717, 1.165) is 0 Å². The number of benzene rings is 1. The molecule has 0 saturated carbocycles. The first kappa shape index (κ1) is 12.3. The molecular weight excluding hydrogens is 252 g/mol. The van der Waals surface area contributed by atoms with Gasteiger partial charge in [0.1, 0.15) is 12.1 Å². The van der Waals surface area contributed by atoms with E-state index in [4.69, 9.17) is 5.73 Å². The van der Waals surface area contributed by atoms with Crippen LogP contribution in [0.3, 0.4) is 0 Å². The molecular formula is C11H12N4O2S. The normalized spacial score (nSPS) is 11.2. The van der Waals surface area contributed by atoms with Gasteiger partial charge >= 0.3 is 0 Å². The van der Waals surface area contributed by atoms with E-state index in [-0.39, 0.29) is 10.7 Å². The molecule has 0 aliphatic carbocycles. The number of aryl methyl sites for hydroxylation is 1. The molecule has 0 radical (unpaired) electrons. The van der Waals surface area contributed by atoms with Crippen LogP contribution >= 0.6 is 0 Å². The molecule has 6 nitrogen and oxygen atoms in total. The Morgan fingerprint density at radius 2 is 1.83 bits per heavy atom. The lowest BCUT2D eigenvalue weighted by atomic mass is 10.3. The van der Waals surface area contributed by atoms with Crippen molar-refractivity contribution in [3.63, 3.8) is 0 Å². The summed E-state index contributed by atoms with van der Waals surface area (Å²) >= 11 is 0. The minimum atomic E-state index is -3.64. The van der Waals surface area contributed by atoms with Crippen LogP contribution < -0.4 is 10.5 Å². The summed E-state index contributed by atoms with van der Waals surface area (Å²) < 4.78 is 26.4. The van der Waals surface area contributed by atoms with Crippen molar-refractivity contribution < 1.29 is 8.42 Å². The van der Waals surface area contributed by atoms with Crippen molar-refractivity contribution in [2.75, 3.05) is 10.5 Å². The number of nitrogens with zero attached hydrogens (tertiary/aromatic N) is 2. The largest absolute Gasteiger partial charge is 0.399 e. The maximum atomic E-state index is 12.0. The minimum absolute atomic E-state index is 0.132. The van der Waals surface area contributed by atoms with Gasteiger partial charge in [0.05, 0.1) is 4.90 Å². The summed E-state index contributed by atoms with van der Waals surface area (Å²) in [5.74, 6) is 0.235. The van der Waals surface area contributed by atoms with E-state index in [0.29, 0.717) is 11.4 Å². The molecule has 2 aromatic rings. The number of anilines is 2. The highest BCUT2D eigenvalue weighted by Crippen LogP contribution is 2.15. The van der Waals surface area contributed by atoms with E-state index in [1.54, 1.807) is 13.0 Å². The quantitative estimate of drug-likeness (QED) is 0.811. The van der Waals surface area contributed by atoms with Gasteiger partial charge < -0.3 is 5.73 Å². The van der Waals surface area contributed by atoms with E-state index in [1.165, 1.54) is 30.6 Å². The van der Waals surface area contributed by atoms with Crippen molar-refractivity contribution in [2.45, 2.75) is 11.8 Å². The van der Waals surface area contributed by atoms with E-state index in [1.807, 2.05) is 0 Å². The average molecular weight is 264 g/mol. The highest BCUT2D eigenvalue weighted by atomic mass is 32.2. The lowest BCUT2D eigenvalue weighted by Crippen LogP contribution is -2.14. The van der Waals surface area contributed by atoms with Crippen LogP contribution in [0.15, 0.2) is 41.6 Å². The summed E-state index contributed by atoms with van der Waals surface area (Å²) in [6.45, 7) is 1.75. The van der Waals surface area contributed by atoms with Gasteiger partial charge in [0.15, 0.2) is 0 Å². The summed E-state index contributed by atoms with van der Waals surface area (Å²) in [7, 11) is -3.64. The van der Waals surface area contributed by atoms with E-state index in [9.17, 15) is 8.42 Å². The van der Waals surface area contributed by atoms with Gasteiger partial charge in [0.25, 0.3) is 10.0 Å². The molecule has 0 aliphatic rings. The van der Waals surface area contributed by atoms with Gasteiger partial charge in [-0.2, -0.15) is 0 Å². The zero-order valence-corrected chi connectivity index (χ0v) is 10.5. The monoisotopic (exact) mass is 264 g/mol. The predicted molar refractivity (Wildman–Crippen MR) is 68.4 cm³/mol. The van der Waals surface area contributed by atoms with Gasteiger partial charge in [0.2, 0.25) is 0 Å². The molecule has 3 N–H and O–H groups in total. The zero-order valence-electron chi connectivity index (χ0n) is 9.66. The van der Waals surface area contributed by atoms with Crippen molar-refractivity contribution >= 4 is 21.5 Å².